The molecule has 1 heterocycles. The largest absolute Gasteiger partial charge is 0.495 e. The van der Waals surface area contributed by atoms with Crippen molar-refractivity contribution in [3.63, 3.8) is 0 Å². The Bertz CT molecular complexity index is 1040. The summed E-state index contributed by atoms with van der Waals surface area (Å²) in [6.45, 7) is 6.97. The number of ether oxygens (including phenoxy) is 1. The van der Waals surface area contributed by atoms with E-state index in [1.807, 2.05) is 0 Å². The van der Waals surface area contributed by atoms with Crippen LogP contribution in [0.1, 0.15) is 36.2 Å². The molecule has 1 aliphatic heterocycles. The maximum absolute atomic E-state index is 12.9. The zero-order chi connectivity index (χ0) is 23.3. The number of carbonyl (C=O) groups is 1. The lowest BCUT2D eigenvalue weighted by Gasteiger charge is -2.20. The maximum atomic E-state index is 12.9. The number of halogens is 1. The standard InChI is InChI=1S/C23H30ClN3O4S/c1-16(2)27-11-10-18(15-27)13-25-23(28)19-6-9-21(31-3)22(12-19)32(29,30)26-14-17-4-7-20(24)8-5-17/h4-9,12,16,18,26H,10-11,13-15H2,1-3H3,(H,25,28). The lowest BCUT2D eigenvalue weighted by molar-refractivity contribution is 0.0947. The van der Waals surface area contributed by atoms with Gasteiger partial charge in [0.25, 0.3) is 5.91 Å². The van der Waals surface area contributed by atoms with Gasteiger partial charge in [-0.1, -0.05) is 23.7 Å². The van der Waals surface area contributed by atoms with Crippen LogP contribution < -0.4 is 14.8 Å². The molecule has 1 atom stereocenters. The van der Waals surface area contributed by atoms with E-state index in [-0.39, 0.29) is 28.7 Å². The topological polar surface area (TPSA) is 87.7 Å². The summed E-state index contributed by atoms with van der Waals surface area (Å²) in [4.78, 5) is 15.0. The highest BCUT2D eigenvalue weighted by molar-refractivity contribution is 7.89. The van der Waals surface area contributed by atoms with Crippen LogP contribution in [0.3, 0.4) is 0 Å². The van der Waals surface area contributed by atoms with Crippen LogP contribution >= 0.6 is 11.6 Å². The van der Waals surface area contributed by atoms with Gasteiger partial charge >= 0.3 is 0 Å². The van der Waals surface area contributed by atoms with Crippen LogP contribution in [-0.4, -0.2) is 52.0 Å². The molecule has 9 heteroatoms. The number of amides is 1. The van der Waals surface area contributed by atoms with E-state index >= 15 is 0 Å². The van der Waals surface area contributed by atoms with Crippen LogP contribution in [0.15, 0.2) is 47.4 Å². The molecular weight excluding hydrogens is 450 g/mol. The van der Waals surface area contributed by atoms with Crippen LogP contribution in [0.25, 0.3) is 0 Å². The molecule has 2 N–H and O–H groups in total. The summed E-state index contributed by atoms with van der Waals surface area (Å²) in [7, 11) is -2.51. The molecule has 1 amide bonds. The first kappa shape index (κ1) is 24.5. The fraction of sp³-hybridized carbons (Fsp3) is 0.435. The summed E-state index contributed by atoms with van der Waals surface area (Å²) in [6, 6.07) is 11.8. The van der Waals surface area contributed by atoms with Gasteiger partial charge in [-0.15, -0.1) is 0 Å². The normalized spacial score (nSPS) is 17.0. The lowest BCUT2D eigenvalue weighted by Crippen LogP contribution is -2.33. The van der Waals surface area contributed by atoms with E-state index < -0.39 is 10.0 Å². The van der Waals surface area contributed by atoms with Crippen LogP contribution in [0, 0.1) is 5.92 Å². The van der Waals surface area contributed by atoms with E-state index in [1.165, 1.54) is 19.2 Å². The Morgan fingerprint density at radius 3 is 2.56 bits per heavy atom. The number of sulfonamides is 1. The van der Waals surface area contributed by atoms with Crippen molar-refractivity contribution < 1.29 is 17.9 Å². The molecule has 3 rings (SSSR count). The molecule has 1 saturated heterocycles. The van der Waals surface area contributed by atoms with E-state index in [0.29, 0.717) is 23.5 Å². The summed E-state index contributed by atoms with van der Waals surface area (Å²) >= 11 is 5.88. The number of hydrogen-bond acceptors (Lipinski definition) is 5. The number of benzene rings is 2. The fourth-order valence-corrected chi connectivity index (χ4v) is 5.06. The molecule has 0 bridgehead atoms. The number of hydrogen-bond donors (Lipinski definition) is 2. The smallest absolute Gasteiger partial charge is 0.251 e. The molecule has 0 saturated carbocycles. The first-order valence-electron chi connectivity index (χ1n) is 10.6. The van der Waals surface area contributed by atoms with Crippen molar-refractivity contribution >= 4 is 27.5 Å². The molecule has 7 nitrogen and oxygen atoms in total. The van der Waals surface area contributed by atoms with Gasteiger partial charge in [0, 0.05) is 36.3 Å². The number of rotatable bonds is 9. The molecule has 174 valence electrons. The van der Waals surface area contributed by atoms with Gasteiger partial charge in [-0.3, -0.25) is 4.79 Å². The zero-order valence-corrected chi connectivity index (χ0v) is 20.2. The quantitative estimate of drug-likeness (QED) is 0.576. The Labute approximate surface area is 195 Å². The highest BCUT2D eigenvalue weighted by Gasteiger charge is 2.25. The molecule has 2 aromatic rings. The third kappa shape index (κ3) is 6.22. The van der Waals surface area contributed by atoms with Crippen molar-refractivity contribution in [2.24, 2.45) is 5.92 Å². The number of nitrogens with zero attached hydrogens (tertiary/aromatic N) is 1. The van der Waals surface area contributed by atoms with Crippen molar-refractivity contribution in [3.8, 4) is 5.75 Å². The number of carbonyl (C=O) groups excluding carboxylic acids is 1. The Hall–Kier alpha value is -2.13. The highest BCUT2D eigenvalue weighted by atomic mass is 35.5. The average Bonchev–Trinajstić information content (AvgIpc) is 3.26. The second-order valence-corrected chi connectivity index (χ2v) is 10.4. The number of likely N-dealkylation sites (tertiary alicyclic amines) is 1. The van der Waals surface area contributed by atoms with Gasteiger partial charge in [-0.2, -0.15) is 0 Å². The minimum atomic E-state index is -3.91. The summed E-state index contributed by atoms with van der Waals surface area (Å²) in [6.07, 6.45) is 1.04. The minimum Gasteiger partial charge on any atom is -0.495 e. The Morgan fingerprint density at radius 1 is 1.22 bits per heavy atom. The Kier molecular flexibility index (Phi) is 8.16. The molecule has 1 aliphatic rings. The molecule has 0 radical (unpaired) electrons. The van der Waals surface area contributed by atoms with Crippen molar-refractivity contribution in [1.82, 2.24) is 14.9 Å². The van der Waals surface area contributed by atoms with Crippen molar-refractivity contribution in [2.45, 2.75) is 37.8 Å². The number of nitrogens with one attached hydrogen (secondary N) is 2. The second kappa shape index (κ2) is 10.7. The Balaban J connectivity index is 1.68. The number of methoxy groups -OCH3 is 1. The van der Waals surface area contributed by atoms with Gasteiger partial charge in [-0.05, 0) is 68.6 Å². The maximum Gasteiger partial charge on any atom is 0.251 e. The molecule has 1 fully saturated rings. The molecule has 0 aromatic heterocycles. The lowest BCUT2D eigenvalue weighted by atomic mass is 10.1. The van der Waals surface area contributed by atoms with Gasteiger partial charge in [-0.25, -0.2) is 13.1 Å². The van der Waals surface area contributed by atoms with Crippen molar-refractivity contribution in [1.29, 1.82) is 0 Å². The zero-order valence-electron chi connectivity index (χ0n) is 18.6. The van der Waals surface area contributed by atoms with E-state index in [2.05, 4.69) is 28.8 Å². The van der Waals surface area contributed by atoms with E-state index in [0.717, 1.165) is 25.1 Å². The van der Waals surface area contributed by atoms with Gasteiger partial charge in [0.05, 0.1) is 7.11 Å². The third-order valence-corrected chi connectivity index (χ3v) is 7.37. The second-order valence-electron chi connectivity index (χ2n) is 8.27. The van der Waals surface area contributed by atoms with Crippen molar-refractivity contribution in [2.75, 3.05) is 26.7 Å². The predicted molar refractivity (Wildman–Crippen MR) is 126 cm³/mol. The molecule has 0 spiro atoms. The first-order valence-corrected chi connectivity index (χ1v) is 12.5. The SMILES string of the molecule is COc1ccc(C(=O)NCC2CCN(C(C)C)C2)cc1S(=O)(=O)NCc1ccc(Cl)cc1. The van der Waals surface area contributed by atoms with Gasteiger partial charge in [0.1, 0.15) is 10.6 Å². The predicted octanol–water partition coefficient (Wildman–Crippen LogP) is 3.29. The van der Waals surface area contributed by atoms with Crippen molar-refractivity contribution in [3.05, 3.63) is 58.6 Å². The summed E-state index contributed by atoms with van der Waals surface area (Å²) in [5.74, 6) is 0.266. The summed E-state index contributed by atoms with van der Waals surface area (Å²) in [5, 5.41) is 3.52. The molecule has 0 aliphatic carbocycles. The van der Waals surface area contributed by atoms with Crippen LogP contribution in [-0.2, 0) is 16.6 Å². The summed E-state index contributed by atoms with van der Waals surface area (Å²) < 4.78 is 33.7. The van der Waals surface area contributed by atoms with E-state index in [9.17, 15) is 13.2 Å². The molecular formula is C23H30ClN3O4S. The fourth-order valence-electron chi connectivity index (χ4n) is 3.72. The van der Waals surface area contributed by atoms with Gasteiger partial charge in [0.2, 0.25) is 10.0 Å². The summed E-state index contributed by atoms with van der Waals surface area (Å²) in [5.41, 5.74) is 1.04. The molecule has 1 unspecified atom stereocenters. The first-order chi connectivity index (χ1) is 15.2. The monoisotopic (exact) mass is 479 g/mol. The minimum absolute atomic E-state index is 0.0755. The van der Waals surface area contributed by atoms with E-state index in [4.69, 9.17) is 16.3 Å². The average molecular weight is 480 g/mol. The Morgan fingerprint density at radius 2 is 1.94 bits per heavy atom. The van der Waals surface area contributed by atoms with Crippen LogP contribution in [0.5, 0.6) is 5.75 Å². The van der Waals surface area contributed by atoms with Gasteiger partial charge in [0.15, 0.2) is 0 Å². The molecule has 2 aromatic carbocycles. The van der Waals surface area contributed by atoms with Crippen LogP contribution in [0.2, 0.25) is 5.02 Å². The molecule has 32 heavy (non-hydrogen) atoms. The third-order valence-electron chi connectivity index (χ3n) is 5.69. The highest BCUT2D eigenvalue weighted by Crippen LogP contribution is 2.25. The van der Waals surface area contributed by atoms with Gasteiger partial charge < -0.3 is 15.0 Å². The van der Waals surface area contributed by atoms with Crippen LogP contribution in [0.4, 0.5) is 0 Å². The van der Waals surface area contributed by atoms with E-state index in [1.54, 1.807) is 30.3 Å².